The van der Waals surface area contributed by atoms with Crippen LogP contribution in [0.4, 0.5) is 0 Å². The maximum Gasteiger partial charge on any atom is 0.0947 e. The number of hydrogen-bond acceptors (Lipinski definition) is 3. The zero-order valence-electron chi connectivity index (χ0n) is 12.7. The molecule has 0 aliphatic heterocycles. The molecule has 0 saturated carbocycles. The topological polar surface area (TPSA) is 24.9 Å². The Morgan fingerprint density at radius 1 is 1.29 bits per heavy atom. The molecule has 2 nitrogen and oxygen atoms in total. The molecule has 0 spiro atoms. The minimum atomic E-state index is 0.0809. The van der Waals surface area contributed by atoms with Crippen LogP contribution in [0, 0.1) is 0 Å². The molecule has 0 saturated heterocycles. The lowest BCUT2D eigenvalue weighted by atomic mass is 9.93. The Hall–Kier alpha value is -0.610. The third-order valence-electron chi connectivity index (χ3n) is 3.40. The third-order valence-corrected chi connectivity index (χ3v) is 5.11. The van der Waals surface area contributed by atoms with Crippen molar-refractivity contribution < 1.29 is 0 Å². The molecule has 0 aliphatic rings. The fourth-order valence-electron chi connectivity index (χ4n) is 2.08. The Labute approximate surface area is 140 Å². The number of hydrogen-bond donors (Lipinski definition) is 1. The second-order valence-corrected chi connectivity index (χ2v) is 7.79. The summed E-state index contributed by atoms with van der Waals surface area (Å²) >= 11 is 14.1. The quantitative estimate of drug-likeness (QED) is 0.820. The van der Waals surface area contributed by atoms with Gasteiger partial charge in [0.05, 0.1) is 20.7 Å². The Kier molecular flexibility index (Phi) is 5.31. The van der Waals surface area contributed by atoms with Crippen molar-refractivity contribution in [2.75, 3.05) is 7.05 Å². The molecule has 0 amide bonds. The van der Waals surface area contributed by atoms with Gasteiger partial charge < -0.3 is 5.32 Å². The molecule has 1 N–H and O–H groups in total. The van der Waals surface area contributed by atoms with Crippen molar-refractivity contribution in [1.82, 2.24) is 10.3 Å². The SMILES string of the molecule is CNC(Cc1nc(C(C)(C)C)cs1)c1cccc(Cl)c1Cl. The van der Waals surface area contributed by atoms with Crippen LogP contribution in [0.25, 0.3) is 0 Å². The molecule has 1 aromatic carbocycles. The third kappa shape index (κ3) is 3.98. The number of halogens is 2. The predicted molar refractivity (Wildman–Crippen MR) is 92.8 cm³/mol. The van der Waals surface area contributed by atoms with Crippen molar-refractivity contribution in [3.05, 3.63) is 49.9 Å². The molecule has 0 fully saturated rings. The van der Waals surface area contributed by atoms with Crippen molar-refractivity contribution >= 4 is 34.5 Å². The summed E-state index contributed by atoms with van der Waals surface area (Å²) < 4.78 is 0. The van der Waals surface area contributed by atoms with Gasteiger partial charge in [0.1, 0.15) is 0 Å². The number of benzene rings is 1. The molecule has 2 aromatic rings. The van der Waals surface area contributed by atoms with E-state index < -0.39 is 0 Å². The van der Waals surface area contributed by atoms with Crippen LogP contribution >= 0.6 is 34.5 Å². The van der Waals surface area contributed by atoms with E-state index in [0.29, 0.717) is 10.0 Å². The highest BCUT2D eigenvalue weighted by Crippen LogP contribution is 2.32. The van der Waals surface area contributed by atoms with Gasteiger partial charge in [-0.25, -0.2) is 4.98 Å². The van der Waals surface area contributed by atoms with E-state index in [1.807, 2.05) is 19.2 Å². The normalized spacial score (nSPS) is 13.4. The molecule has 0 radical (unpaired) electrons. The van der Waals surface area contributed by atoms with Crippen molar-refractivity contribution in [3.8, 4) is 0 Å². The highest BCUT2D eigenvalue weighted by Gasteiger charge is 2.20. The first-order chi connectivity index (χ1) is 9.82. The van der Waals surface area contributed by atoms with Crippen LogP contribution in [0.2, 0.25) is 10.0 Å². The van der Waals surface area contributed by atoms with Gasteiger partial charge in [-0.3, -0.25) is 0 Å². The van der Waals surface area contributed by atoms with Crippen LogP contribution < -0.4 is 5.32 Å². The molecule has 1 atom stereocenters. The average molecular weight is 343 g/mol. The Bertz CT molecular complexity index is 617. The number of thiazole rings is 1. The molecule has 1 heterocycles. The van der Waals surface area contributed by atoms with Gasteiger partial charge in [0.2, 0.25) is 0 Å². The van der Waals surface area contributed by atoms with Crippen molar-refractivity contribution in [2.24, 2.45) is 0 Å². The van der Waals surface area contributed by atoms with E-state index in [0.717, 1.165) is 22.7 Å². The number of rotatable bonds is 4. The second-order valence-electron chi connectivity index (χ2n) is 6.06. The van der Waals surface area contributed by atoms with Crippen molar-refractivity contribution in [2.45, 2.75) is 38.6 Å². The lowest BCUT2D eigenvalue weighted by Gasteiger charge is -2.18. The van der Waals surface area contributed by atoms with Gasteiger partial charge in [0.25, 0.3) is 0 Å². The summed E-state index contributed by atoms with van der Waals surface area (Å²) in [5.74, 6) is 0. The number of likely N-dealkylation sites (N-methyl/N-ethyl adjacent to an activating group) is 1. The highest BCUT2D eigenvalue weighted by molar-refractivity contribution is 7.09. The summed E-state index contributed by atoms with van der Waals surface area (Å²) in [4.78, 5) is 4.75. The van der Waals surface area contributed by atoms with Crippen LogP contribution in [-0.2, 0) is 11.8 Å². The van der Waals surface area contributed by atoms with E-state index in [9.17, 15) is 0 Å². The fourth-order valence-corrected chi connectivity index (χ4v) is 3.59. The predicted octanol–water partition coefficient (Wildman–Crippen LogP) is 5.25. The van der Waals surface area contributed by atoms with Gasteiger partial charge >= 0.3 is 0 Å². The monoisotopic (exact) mass is 342 g/mol. The fraction of sp³-hybridized carbons (Fsp3) is 0.438. The minimum absolute atomic E-state index is 0.0809. The zero-order valence-corrected chi connectivity index (χ0v) is 15.0. The van der Waals surface area contributed by atoms with Crippen LogP contribution in [0.3, 0.4) is 0 Å². The molecule has 2 rings (SSSR count). The second kappa shape index (κ2) is 6.66. The van der Waals surface area contributed by atoms with Gasteiger partial charge in [-0.2, -0.15) is 0 Å². The van der Waals surface area contributed by atoms with Crippen LogP contribution in [-0.4, -0.2) is 12.0 Å². The van der Waals surface area contributed by atoms with Gasteiger partial charge in [-0.15, -0.1) is 11.3 Å². The molecule has 5 heteroatoms. The molecular formula is C16H20Cl2N2S. The molecular weight excluding hydrogens is 323 g/mol. The summed E-state index contributed by atoms with van der Waals surface area (Å²) in [5, 5.41) is 7.76. The van der Waals surface area contributed by atoms with E-state index in [1.165, 1.54) is 0 Å². The molecule has 0 aliphatic carbocycles. The largest absolute Gasteiger partial charge is 0.313 e. The van der Waals surface area contributed by atoms with Crippen molar-refractivity contribution in [3.63, 3.8) is 0 Å². The van der Waals surface area contributed by atoms with Crippen molar-refractivity contribution in [1.29, 1.82) is 0 Å². The average Bonchev–Trinajstić information content (AvgIpc) is 2.88. The van der Waals surface area contributed by atoms with Gasteiger partial charge in [0.15, 0.2) is 0 Å². The van der Waals surface area contributed by atoms with E-state index in [1.54, 1.807) is 17.4 Å². The zero-order chi connectivity index (χ0) is 15.6. The Balaban J connectivity index is 2.23. The first-order valence-electron chi connectivity index (χ1n) is 6.89. The first kappa shape index (κ1) is 16.8. The lowest BCUT2D eigenvalue weighted by molar-refractivity contribution is 0.560. The van der Waals surface area contributed by atoms with E-state index in [4.69, 9.17) is 28.2 Å². The van der Waals surface area contributed by atoms with Gasteiger partial charge in [-0.1, -0.05) is 56.1 Å². The Morgan fingerprint density at radius 2 is 2.00 bits per heavy atom. The summed E-state index contributed by atoms with van der Waals surface area (Å²) in [5.41, 5.74) is 2.23. The van der Waals surface area contributed by atoms with E-state index in [2.05, 4.69) is 31.5 Å². The van der Waals surface area contributed by atoms with Crippen LogP contribution in [0.1, 0.15) is 43.1 Å². The molecule has 21 heavy (non-hydrogen) atoms. The smallest absolute Gasteiger partial charge is 0.0947 e. The van der Waals surface area contributed by atoms with E-state index in [-0.39, 0.29) is 11.5 Å². The Morgan fingerprint density at radius 3 is 2.57 bits per heavy atom. The summed E-state index contributed by atoms with van der Waals surface area (Å²) in [6.45, 7) is 6.53. The molecule has 1 aromatic heterocycles. The highest BCUT2D eigenvalue weighted by atomic mass is 35.5. The van der Waals surface area contributed by atoms with Crippen LogP contribution in [0.15, 0.2) is 23.6 Å². The lowest BCUT2D eigenvalue weighted by Crippen LogP contribution is -2.19. The minimum Gasteiger partial charge on any atom is -0.313 e. The number of nitrogens with one attached hydrogen (secondary N) is 1. The number of aromatic nitrogens is 1. The maximum atomic E-state index is 6.32. The summed E-state index contributed by atoms with van der Waals surface area (Å²) in [7, 11) is 1.93. The molecule has 1 unspecified atom stereocenters. The summed E-state index contributed by atoms with van der Waals surface area (Å²) in [6, 6.07) is 5.85. The molecule has 0 bridgehead atoms. The summed E-state index contributed by atoms with van der Waals surface area (Å²) in [6.07, 6.45) is 0.803. The number of nitrogens with zero attached hydrogens (tertiary/aromatic N) is 1. The standard InChI is InChI=1S/C16H20Cl2N2S/c1-16(2,3)13-9-21-14(20-13)8-12(19-4)10-6-5-7-11(17)15(10)18/h5-7,9,12,19H,8H2,1-4H3. The van der Waals surface area contributed by atoms with Crippen LogP contribution in [0.5, 0.6) is 0 Å². The van der Waals surface area contributed by atoms with Gasteiger partial charge in [0, 0.05) is 23.3 Å². The maximum absolute atomic E-state index is 6.32. The first-order valence-corrected chi connectivity index (χ1v) is 8.52. The van der Waals surface area contributed by atoms with Gasteiger partial charge in [-0.05, 0) is 18.7 Å². The van der Waals surface area contributed by atoms with E-state index >= 15 is 0 Å². The molecule has 114 valence electrons.